The highest BCUT2D eigenvalue weighted by atomic mass is 35.5. The lowest BCUT2D eigenvalue weighted by Gasteiger charge is -2.19. The number of hydrogen-bond acceptors (Lipinski definition) is 5. The van der Waals surface area contributed by atoms with E-state index in [4.69, 9.17) is 9.15 Å². The van der Waals surface area contributed by atoms with E-state index in [0.29, 0.717) is 12.4 Å². The first-order chi connectivity index (χ1) is 14.2. The van der Waals surface area contributed by atoms with Crippen molar-refractivity contribution in [2.24, 2.45) is 0 Å². The van der Waals surface area contributed by atoms with Crippen molar-refractivity contribution in [3.05, 3.63) is 88.3 Å². The molecule has 1 aromatic carbocycles. The van der Waals surface area contributed by atoms with Crippen LogP contribution in [0.5, 0.6) is 5.75 Å². The normalized spacial score (nSPS) is 15.4. The summed E-state index contributed by atoms with van der Waals surface area (Å²) in [4.78, 5) is 16.9. The lowest BCUT2D eigenvalue weighted by molar-refractivity contribution is 0.300. The third-order valence-corrected chi connectivity index (χ3v) is 5.31. The Morgan fingerprint density at radius 1 is 1.23 bits per heavy atom. The first-order valence-corrected chi connectivity index (χ1v) is 9.73. The van der Waals surface area contributed by atoms with Gasteiger partial charge in [0, 0.05) is 54.5 Å². The number of pyridine rings is 2. The van der Waals surface area contributed by atoms with E-state index in [-0.39, 0.29) is 24.0 Å². The van der Waals surface area contributed by atoms with Crippen molar-refractivity contribution in [1.29, 1.82) is 0 Å². The second kappa shape index (κ2) is 8.34. The molecule has 0 amide bonds. The van der Waals surface area contributed by atoms with E-state index in [1.165, 1.54) is 11.6 Å². The van der Waals surface area contributed by atoms with E-state index in [0.717, 1.165) is 41.1 Å². The molecule has 30 heavy (non-hydrogen) atoms. The van der Waals surface area contributed by atoms with Gasteiger partial charge in [0.05, 0.1) is 11.4 Å². The summed E-state index contributed by atoms with van der Waals surface area (Å²) < 4.78 is 13.4. The average molecular weight is 424 g/mol. The summed E-state index contributed by atoms with van der Waals surface area (Å²) in [6.45, 7) is 3.38. The molecule has 0 saturated carbocycles. The van der Waals surface area contributed by atoms with Gasteiger partial charge in [-0.25, -0.2) is 0 Å². The van der Waals surface area contributed by atoms with Crippen LogP contribution in [0.25, 0.3) is 16.7 Å². The molecule has 154 valence electrons. The zero-order valence-electron chi connectivity index (χ0n) is 16.5. The molecule has 0 spiro atoms. The van der Waals surface area contributed by atoms with Crippen LogP contribution in [-0.2, 0) is 13.0 Å². The largest absolute Gasteiger partial charge is 0.487 e. The molecule has 1 aliphatic heterocycles. The zero-order valence-corrected chi connectivity index (χ0v) is 17.3. The Balaban J connectivity index is 0.00000218. The van der Waals surface area contributed by atoms with Crippen molar-refractivity contribution < 1.29 is 9.15 Å². The molecule has 5 rings (SSSR count). The molecule has 3 aromatic heterocycles. The molecule has 0 saturated heterocycles. The summed E-state index contributed by atoms with van der Waals surface area (Å²) in [6.07, 6.45) is 4.33. The summed E-state index contributed by atoms with van der Waals surface area (Å²) >= 11 is 0. The first-order valence-electron chi connectivity index (χ1n) is 9.73. The minimum absolute atomic E-state index is 0. The Kier molecular flexibility index (Phi) is 5.61. The molecule has 4 heterocycles. The standard InChI is InChI=1S/C23H21N3O3.ClH/c1-15-23-19-6-5-17(12-21(19)29-20(23)7-10-24-15)26-11-8-18(13-22(26)27)28-14-16-4-2-3-9-25-16;/h2-6,8-9,11-13,15,24H,7,10,14H2,1H3;1H/t15-;/m0./s1. The van der Waals surface area contributed by atoms with Crippen LogP contribution in [0.4, 0.5) is 0 Å². The Hall–Kier alpha value is -3.09. The molecule has 6 nitrogen and oxygen atoms in total. The van der Waals surface area contributed by atoms with Crippen LogP contribution in [0.3, 0.4) is 0 Å². The summed E-state index contributed by atoms with van der Waals surface area (Å²) in [6, 6.07) is 15.1. The molecule has 0 fully saturated rings. The second-order valence-corrected chi connectivity index (χ2v) is 7.23. The lowest BCUT2D eigenvalue weighted by Crippen LogP contribution is -2.26. The topological polar surface area (TPSA) is 69.3 Å². The number of benzene rings is 1. The highest BCUT2D eigenvalue weighted by molar-refractivity contribution is 5.85. The van der Waals surface area contributed by atoms with E-state index in [1.807, 2.05) is 36.4 Å². The van der Waals surface area contributed by atoms with Gasteiger partial charge in [0.15, 0.2) is 0 Å². The van der Waals surface area contributed by atoms with Gasteiger partial charge >= 0.3 is 0 Å². The molecule has 0 radical (unpaired) electrons. The SMILES string of the molecule is C[C@@H]1NCCc2oc3cc(-n4ccc(OCc5ccccn5)cc4=O)ccc3c21.Cl. The molecule has 7 heteroatoms. The Labute approximate surface area is 179 Å². The van der Waals surface area contributed by atoms with Gasteiger partial charge in [0.1, 0.15) is 23.7 Å². The van der Waals surface area contributed by atoms with Crippen molar-refractivity contribution in [1.82, 2.24) is 14.9 Å². The van der Waals surface area contributed by atoms with Crippen molar-refractivity contribution >= 4 is 23.4 Å². The van der Waals surface area contributed by atoms with E-state index < -0.39 is 0 Å². The van der Waals surface area contributed by atoms with Crippen LogP contribution in [0, 0.1) is 0 Å². The van der Waals surface area contributed by atoms with E-state index in [1.54, 1.807) is 23.0 Å². The fourth-order valence-corrected chi connectivity index (χ4v) is 3.88. The average Bonchev–Trinajstić information content (AvgIpc) is 3.12. The molecule has 0 bridgehead atoms. The molecule has 0 aliphatic carbocycles. The quantitative estimate of drug-likeness (QED) is 0.533. The van der Waals surface area contributed by atoms with Crippen LogP contribution >= 0.6 is 12.4 Å². The predicted molar refractivity (Wildman–Crippen MR) is 118 cm³/mol. The maximum absolute atomic E-state index is 12.7. The number of furan rings is 1. The number of nitrogens with one attached hydrogen (secondary N) is 1. The number of hydrogen-bond donors (Lipinski definition) is 1. The van der Waals surface area contributed by atoms with Crippen LogP contribution in [0.15, 0.2) is 70.1 Å². The van der Waals surface area contributed by atoms with E-state index >= 15 is 0 Å². The number of rotatable bonds is 4. The highest BCUT2D eigenvalue weighted by Gasteiger charge is 2.23. The van der Waals surface area contributed by atoms with E-state index in [9.17, 15) is 4.79 Å². The van der Waals surface area contributed by atoms with Gasteiger partial charge in [-0.15, -0.1) is 12.4 Å². The minimum Gasteiger partial charge on any atom is -0.487 e. The van der Waals surface area contributed by atoms with Crippen LogP contribution in [-0.4, -0.2) is 16.1 Å². The van der Waals surface area contributed by atoms with Crippen molar-refractivity contribution in [2.75, 3.05) is 6.54 Å². The Bertz CT molecular complexity index is 1230. The van der Waals surface area contributed by atoms with Crippen molar-refractivity contribution in [3.8, 4) is 11.4 Å². The Morgan fingerprint density at radius 2 is 2.13 bits per heavy atom. The molecule has 1 N–H and O–H groups in total. The fraction of sp³-hybridized carbons (Fsp3) is 0.217. The smallest absolute Gasteiger partial charge is 0.258 e. The van der Waals surface area contributed by atoms with Gasteiger partial charge in [-0.2, -0.15) is 0 Å². The van der Waals surface area contributed by atoms with Crippen LogP contribution in [0.2, 0.25) is 0 Å². The second-order valence-electron chi connectivity index (χ2n) is 7.23. The monoisotopic (exact) mass is 423 g/mol. The third kappa shape index (κ3) is 3.72. The summed E-state index contributed by atoms with van der Waals surface area (Å²) in [5.41, 5.74) is 3.46. The maximum atomic E-state index is 12.7. The molecular formula is C23H22ClN3O3. The van der Waals surface area contributed by atoms with Crippen molar-refractivity contribution in [3.63, 3.8) is 0 Å². The minimum atomic E-state index is -0.158. The highest BCUT2D eigenvalue weighted by Crippen LogP contribution is 2.34. The van der Waals surface area contributed by atoms with Crippen LogP contribution in [0.1, 0.15) is 30.0 Å². The molecule has 1 aliphatic rings. The summed E-state index contributed by atoms with van der Waals surface area (Å²) in [7, 11) is 0. The van der Waals surface area contributed by atoms with Gasteiger partial charge in [-0.3, -0.25) is 14.3 Å². The number of halogens is 1. The van der Waals surface area contributed by atoms with Crippen LogP contribution < -0.4 is 15.6 Å². The first kappa shape index (κ1) is 20.2. The predicted octanol–water partition coefficient (Wildman–Crippen LogP) is 4.19. The van der Waals surface area contributed by atoms with E-state index in [2.05, 4.69) is 17.2 Å². The lowest BCUT2D eigenvalue weighted by atomic mass is 9.99. The molecule has 1 atom stereocenters. The number of fused-ring (bicyclic) bond motifs is 3. The zero-order chi connectivity index (χ0) is 19.8. The fourth-order valence-electron chi connectivity index (χ4n) is 3.88. The molecule has 0 unspecified atom stereocenters. The van der Waals surface area contributed by atoms with Gasteiger partial charge < -0.3 is 14.5 Å². The third-order valence-electron chi connectivity index (χ3n) is 5.31. The Morgan fingerprint density at radius 3 is 2.93 bits per heavy atom. The van der Waals surface area contributed by atoms with Gasteiger partial charge in [-0.05, 0) is 37.3 Å². The van der Waals surface area contributed by atoms with Gasteiger partial charge in [-0.1, -0.05) is 6.07 Å². The van der Waals surface area contributed by atoms with Gasteiger partial charge in [0.2, 0.25) is 0 Å². The number of nitrogens with zero attached hydrogens (tertiary/aromatic N) is 2. The van der Waals surface area contributed by atoms with Gasteiger partial charge in [0.25, 0.3) is 5.56 Å². The molecular weight excluding hydrogens is 402 g/mol. The van der Waals surface area contributed by atoms with Crippen molar-refractivity contribution in [2.45, 2.75) is 26.0 Å². The summed E-state index contributed by atoms with van der Waals surface area (Å²) in [5.74, 6) is 1.56. The summed E-state index contributed by atoms with van der Waals surface area (Å²) in [5, 5.41) is 4.57. The maximum Gasteiger partial charge on any atom is 0.258 e. The number of ether oxygens (including phenoxy) is 1. The number of aromatic nitrogens is 2. The molecule has 4 aromatic rings.